The van der Waals surface area contributed by atoms with E-state index in [0.29, 0.717) is 5.69 Å². The summed E-state index contributed by atoms with van der Waals surface area (Å²) in [5.74, 6) is 0.253. The molecule has 2 aromatic rings. The number of halogens is 1. The van der Waals surface area contributed by atoms with Gasteiger partial charge in [0.2, 0.25) is 0 Å². The third-order valence-electron chi connectivity index (χ3n) is 2.98. The van der Waals surface area contributed by atoms with E-state index in [-0.39, 0.29) is 28.8 Å². The Balaban J connectivity index is 1.96. The van der Waals surface area contributed by atoms with Crippen LogP contribution in [0.5, 0.6) is 5.75 Å². The number of rotatable bonds is 5. The number of amides is 2. The molecule has 0 aliphatic heterocycles. The van der Waals surface area contributed by atoms with Gasteiger partial charge in [0.05, 0.1) is 11.5 Å². The number of nitrogens with zero attached hydrogens (tertiary/aromatic N) is 1. The minimum absolute atomic E-state index is 0.0295. The lowest BCUT2D eigenvalue weighted by molar-refractivity contribution is -0.384. The second-order valence-electron chi connectivity index (χ2n) is 4.81. The summed E-state index contributed by atoms with van der Waals surface area (Å²) in [6.07, 6.45) is -0.824. The number of hydrogen-bond acceptors (Lipinski definition) is 6. The fourth-order valence-corrected chi connectivity index (χ4v) is 2.06. The molecule has 0 spiro atoms. The number of nitro groups is 1. The van der Waals surface area contributed by atoms with E-state index in [1.165, 1.54) is 36.4 Å². The van der Waals surface area contributed by atoms with Gasteiger partial charge in [-0.15, -0.1) is 0 Å². The van der Waals surface area contributed by atoms with Crippen molar-refractivity contribution in [1.29, 1.82) is 0 Å². The average molecular weight is 380 g/mol. The third-order valence-corrected chi connectivity index (χ3v) is 3.30. The van der Waals surface area contributed by atoms with Gasteiger partial charge in [-0.05, 0) is 43.3 Å². The number of nitro benzene ring substituents is 1. The van der Waals surface area contributed by atoms with Crippen molar-refractivity contribution < 1.29 is 24.0 Å². The van der Waals surface area contributed by atoms with Gasteiger partial charge in [0, 0.05) is 17.4 Å². The maximum atomic E-state index is 12.0. The lowest BCUT2D eigenvalue weighted by Gasteiger charge is -2.09. The highest BCUT2D eigenvalue weighted by Crippen LogP contribution is 2.27. The van der Waals surface area contributed by atoms with E-state index in [9.17, 15) is 19.7 Å². The zero-order valence-electron chi connectivity index (χ0n) is 13.5. The monoisotopic (exact) mass is 379 g/mol. The van der Waals surface area contributed by atoms with Gasteiger partial charge in [0.25, 0.3) is 5.69 Å². The third kappa shape index (κ3) is 5.35. The Morgan fingerprint density at radius 1 is 1.12 bits per heavy atom. The van der Waals surface area contributed by atoms with Crippen LogP contribution >= 0.6 is 11.6 Å². The van der Waals surface area contributed by atoms with Crippen LogP contribution in [0.2, 0.25) is 5.02 Å². The standard InChI is InChI=1S/C16H14ClN3O6/c1-2-25-16(22)26-12-6-3-10(4-7-12)18-15(21)19-11-5-8-13(17)14(9-11)20(23)24/h3-9H,2H2,1H3,(H2,18,19,21). The molecule has 0 aromatic heterocycles. The van der Waals surface area contributed by atoms with Gasteiger partial charge < -0.3 is 20.1 Å². The first-order chi connectivity index (χ1) is 12.4. The molecular weight excluding hydrogens is 366 g/mol. The average Bonchev–Trinajstić information content (AvgIpc) is 2.58. The van der Waals surface area contributed by atoms with Crippen LogP contribution in [0.1, 0.15) is 6.92 Å². The van der Waals surface area contributed by atoms with Crippen LogP contribution in [0.3, 0.4) is 0 Å². The fourth-order valence-electron chi connectivity index (χ4n) is 1.87. The van der Waals surface area contributed by atoms with E-state index in [2.05, 4.69) is 15.4 Å². The van der Waals surface area contributed by atoms with Crippen LogP contribution in [0.15, 0.2) is 42.5 Å². The lowest BCUT2D eigenvalue weighted by Crippen LogP contribution is -2.19. The predicted octanol–water partition coefficient (Wildman–Crippen LogP) is 4.43. The quantitative estimate of drug-likeness (QED) is 0.343. The SMILES string of the molecule is CCOC(=O)Oc1ccc(NC(=O)Nc2ccc(Cl)c([N+](=O)[O-])c2)cc1. The topological polar surface area (TPSA) is 120 Å². The Morgan fingerprint density at radius 2 is 1.73 bits per heavy atom. The number of hydrogen-bond donors (Lipinski definition) is 2. The highest BCUT2D eigenvalue weighted by atomic mass is 35.5. The van der Waals surface area contributed by atoms with E-state index in [1.54, 1.807) is 6.92 Å². The molecule has 136 valence electrons. The van der Waals surface area contributed by atoms with Crippen molar-refractivity contribution in [2.24, 2.45) is 0 Å². The summed E-state index contributed by atoms with van der Waals surface area (Å²) in [6, 6.07) is 9.26. The maximum absolute atomic E-state index is 12.0. The van der Waals surface area contributed by atoms with Crippen molar-refractivity contribution >= 4 is 40.8 Å². The molecule has 0 heterocycles. The van der Waals surface area contributed by atoms with Crippen molar-refractivity contribution in [2.45, 2.75) is 6.92 Å². The van der Waals surface area contributed by atoms with Crippen LogP contribution in [-0.4, -0.2) is 23.7 Å². The highest BCUT2D eigenvalue weighted by Gasteiger charge is 2.14. The Hall–Kier alpha value is -3.33. The summed E-state index contributed by atoms with van der Waals surface area (Å²) >= 11 is 5.71. The largest absolute Gasteiger partial charge is 0.513 e. The minimum atomic E-state index is -0.824. The predicted molar refractivity (Wildman–Crippen MR) is 94.8 cm³/mol. The van der Waals surface area contributed by atoms with E-state index in [4.69, 9.17) is 16.3 Å². The van der Waals surface area contributed by atoms with Crippen molar-refractivity contribution in [3.05, 3.63) is 57.6 Å². The van der Waals surface area contributed by atoms with Crippen LogP contribution in [0.25, 0.3) is 0 Å². The highest BCUT2D eigenvalue weighted by molar-refractivity contribution is 6.32. The molecule has 0 atom stereocenters. The second-order valence-corrected chi connectivity index (χ2v) is 5.22. The van der Waals surface area contributed by atoms with Gasteiger partial charge in [-0.25, -0.2) is 9.59 Å². The summed E-state index contributed by atoms with van der Waals surface area (Å²) in [4.78, 5) is 33.4. The number of carbonyl (C=O) groups is 2. The molecule has 26 heavy (non-hydrogen) atoms. The molecule has 2 aromatic carbocycles. The first-order valence-electron chi connectivity index (χ1n) is 7.35. The number of carbonyl (C=O) groups excluding carboxylic acids is 2. The number of ether oxygens (including phenoxy) is 2. The second kappa shape index (κ2) is 8.67. The maximum Gasteiger partial charge on any atom is 0.513 e. The summed E-state index contributed by atoms with van der Waals surface area (Å²) < 4.78 is 9.53. The molecule has 0 bridgehead atoms. The van der Waals surface area contributed by atoms with Crippen molar-refractivity contribution in [3.8, 4) is 5.75 Å². The van der Waals surface area contributed by atoms with E-state index < -0.39 is 17.1 Å². The van der Waals surface area contributed by atoms with Gasteiger partial charge in [0.1, 0.15) is 10.8 Å². The van der Waals surface area contributed by atoms with Crippen molar-refractivity contribution in [2.75, 3.05) is 17.2 Å². The number of anilines is 2. The van der Waals surface area contributed by atoms with Gasteiger partial charge in [-0.3, -0.25) is 10.1 Å². The van der Waals surface area contributed by atoms with Gasteiger partial charge in [-0.1, -0.05) is 11.6 Å². The van der Waals surface area contributed by atoms with Crippen LogP contribution in [-0.2, 0) is 4.74 Å². The smallest absolute Gasteiger partial charge is 0.434 e. The molecule has 0 radical (unpaired) electrons. The molecule has 0 saturated carbocycles. The first kappa shape index (κ1) is 19.0. The Labute approximate surface area is 153 Å². The number of nitrogens with one attached hydrogen (secondary N) is 2. The molecule has 10 heteroatoms. The summed E-state index contributed by atoms with van der Waals surface area (Å²) in [5.41, 5.74) is 0.313. The van der Waals surface area contributed by atoms with Crippen molar-refractivity contribution in [1.82, 2.24) is 0 Å². The molecule has 0 saturated heterocycles. The normalized spacial score (nSPS) is 9.92. The van der Waals surface area contributed by atoms with Gasteiger partial charge in [-0.2, -0.15) is 0 Å². The molecule has 2 rings (SSSR count). The van der Waals surface area contributed by atoms with Gasteiger partial charge in [0.15, 0.2) is 0 Å². The zero-order chi connectivity index (χ0) is 19.1. The lowest BCUT2D eigenvalue weighted by atomic mass is 10.3. The Morgan fingerprint density at radius 3 is 2.35 bits per heavy atom. The van der Waals surface area contributed by atoms with E-state index >= 15 is 0 Å². The van der Waals surface area contributed by atoms with Crippen LogP contribution < -0.4 is 15.4 Å². The number of urea groups is 1. The molecule has 0 fully saturated rings. The van der Waals surface area contributed by atoms with Crippen molar-refractivity contribution in [3.63, 3.8) is 0 Å². The molecule has 0 aliphatic rings. The molecule has 0 aliphatic carbocycles. The molecule has 2 amide bonds. The summed E-state index contributed by atoms with van der Waals surface area (Å²) in [6.45, 7) is 1.85. The first-order valence-corrected chi connectivity index (χ1v) is 7.73. The van der Waals surface area contributed by atoms with E-state index in [1.807, 2.05) is 0 Å². The fraction of sp³-hybridized carbons (Fsp3) is 0.125. The zero-order valence-corrected chi connectivity index (χ0v) is 14.3. The molecular formula is C16H14ClN3O6. The molecule has 9 nitrogen and oxygen atoms in total. The van der Waals surface area contributed by atoms with Crippen LogP contribution in [0.4, 0.5) is 26.7 Å². The Bertz CT molecular complexity index is 825. The summed E-state index contributed by atoms with van der Waals surface area (Å²) in [7, 11) is 0. The molecule has 0 unspecified atom stereocenters. The summed E-state index contributed by atoms with van der Waals surface area (Å²) in [5, 5.41) is 15.8. The van der Waals surface area contributed by atoms with Crippen LogP contribution in [0, 0.1) is 10.1 Å². The van der Waals surface area contributed by atoms with Gasteiger partial charge >= 0.3 is 12.2 Å². The molecule has 2 N–H and O–H groups in total. The minimum Gasteiger partial charge on any atom is -0.434 e. The number of benzene rings is 2. The van der Waals surface area contributed by atoms with E-state index in [0.717, 1.165) is 6.07 Å². The Kier molecular flexibility index (Phi) is 6.34.